The van der Waals surface area contributed by atoms with Crippen molar-refractivity contribution in [3.8, 4) is 17.3 Å². The minimum absolute atomic E-state index is 0.117. The van der Waals surface area contributed by atoms with E-state index in [0.29, 0.717) is 11.3 Å². The number of rotatable bonds is 1. The van der Waals surface area contributed by atoms with Gasteiger partial charge in [0.25, 0.3) is 0 Å². The van der Waals surface area contributed by atoms with Gasteiger partial charge in [-0.2, -0.15) is 5.26 Å². The third kappa shape index (κ3) is 2.00. The molecule has 0 aliphatic heterocycles. The predicted octanol–water partition coefficient (Wildman–Crippen LogP) is 2.37. The summed E-state index contributed by atoms with van der Waals surface area (Å²) in [6.07, 6.45) is 3.42. The predicted molar refractivity (Wildman–Crippen MR) is 59.7 cm³/mol. The fraction of sp³-hybridized carbons (Fsp3) is 0.0909. The maximum atomic E-state index is 8.83. The Balaban J connectivity index is 2.54. The lowest BCUT2D eigenvalue weighted by atomic mass is 10.1. The molecular weight excluding hydrogens is 224 g/mol. The summed E-state index contributed by atoms with van der Waals surface area (Å²) in [5, 5.41) is 16.6. The normalized spacial score (nSPS) is 9.81. The summed E-state index contributed by atoms with van der Waals surface area (Å²) in [6, 6.07) is 5.49. The van der Waals surface area contributed by atoms with Crippen LogP contribution in [-0.4, -0.2) is 15.2 Å². The van der Waals surface area contributed by atoms with Crippen molar-refractivity contribution in [2.45, 2.75) is 6.92 Å². The van der Waals surface area contributed by atoms with Crippen molar-refractivity contribution in [1.29, 1.82) is 5.26 Å². The van der Waals surface area contributed by atoms with E-state index in [2.05, 4.69) is 15.2 Å². The number of aryl methyl sites for hydroxylation is 1. The van der Waals surface area contributed by atoms with Crippen molar-refractivity contribution in [2.24, 2.45) is 0 Å². The van der Waals surface area contributed by atoms with Gasteiger partial charge in [-0.1, -0.05) is 11.6 Å². The smallest absolute Gasteiger partial charge is 0.169 e. The van der Waals surface area contributed by atoms with Crippen LogP contribution in [0.25, 0.3) is 11.3 Å². The largest absolute Gasteiger partial charge is 0.264 e. The molecule has 0 atom stereocenters. The summed E-state index contributed by atoms with van der Waals surface area (Å²) < 4.78 is 0. The van der Waals surface area contributed by atoms with E-state index in [1.807, 2.05) is 19.1 Å². The first kappa shape index (κ1) is 10.5. The average Bonchev–Trinajstić information content (AvgIpc) is 2.29. The monoisotopic (exact) mass is 230 g/mol. The molecule has 0 aliphatic rings. The second kappa shape index (κ2) is 4.25. The first-order valence-corrected chi connectivity index (χ1v) is 4.94. The van der Waals surface area contributed by atoms with E-state index in [4.69, 9.17) is 16.9 Å². The molecular formula is C11H7ClN4. The van der Waals surface area contributed by atoms with E-state index in [1.165, 1.54) is 0 Å². The second-order valence-electron chi connectivity index (χ2n) is 3.30. The lowest BCUT2D eigenvalue weighted by Gasteiger charge is -2.01. The molecule has 0 amide bonds. The molecule has 2 heterocycles. The van der Waals surface area contributed by atoms with Crippen molar-refractivity contribution < 1.29 is 0 Å². The van der Waals surface area contributed by atoms with Gasteiger partial charge in [-0.05, 0) is 24.6 Å². The molecule has 0 saturated carbocycles. The van der Waals surface area contributed by atoms with Crippen molar-refractivity contribution in [3.63, 3.8) is 0 Å². The number of hydrogen-bond donors (Lipinski definition) is 0. The third-order valence-electron chi connectivity index (χ3n) is 2.04. The van der Waals surface area contributed by atoms with Gasteiger partial charge in [0.1, 0.15) is 6.07 Å². The maximum absolute atomic E-state index is 8.83. The van der Waals surface area contributed by atoms with Crippen molar-refractivity contribution >= 4 is 11.6 Å². The van der Waals surface area contributed by atoms with Crippen LogP contribution >= 0.6 is 11.6 Å². The summed E-state index contributed by atoms with van der Waals surface area (Å²) in [6.45, 7) is 1.94. The summed E-state index contributed by atoms with van der Waals surface area (Å²) in [4.78, 5) is 4.05. The van der Waals surface area contributed by atoms with Gasteiger partial charge in [0.2, 0.25) is 0 Å². The Morgan fingerprint density at radius 3 is 2.75 bits per heavy atom. The molecule has 0 aliphatic carbocycles. The molecule has 0 aromatic carbocycles. The molecule has 2 aromatic heterocycles. The standard InChI is InChI=1S/C11H7ClN4/c1-7-2-9(6-14-5-7)10-3-8(4-13)11(12)16-15-10/h2-3,5-6H,1H3. The number of nitriles is 1. The summed E-state index contributed by atoms with van der Waals surface area (Å²) in [7, 11) is 0. The van der Waals surface area contributed by atoms with Crippen molar-refractivity contribution in [2.75, 3.05) is 0 Å². The van der Waals surface area contributed by atoms with Gasteiger partial charge in [-0.3, -0.25) is 4.98 Å². The lowest BCUT2D eigenvalue weighted by molar-refractivity contribution is 1.03. The highest BCUT2D eigenvalue weighted by molar-refractivity contribution is 6.30. The van der Waals surface area contributed by atoms with Gasteiger partial charge >= 0.3 is 0 Å². The Kier molecular flexibility index (Phi) is 2.80. The Morgan fingerprint density at radius 2 is 2.06 bits per heavy atom. The highest BCUT2D eigenvalue weighted by atomic mass is 35.5. The van der Waals surface area contributed by atoms with E-state index in [1.54, 1.807) is 18.5 Å². The average molecular weight is 231 g/mol. The van der Waals surface area contributed by atoms with Crippen LogP contribution in [0.15, 0.2) is 24.5 Å². The zero-order valence-electron chi connectivity index (χ0n) is 8.48. The van der Waals surface area contributed by atoms with E-state index >= 15 is 0 Å². The number of hydrogen-bond acceptors (Lipinski definition) is 4. The van der Waals surface area contributed by atoms with Gasteiger partial charge < -0.3 is 0 Å². The zero-order valence-corrected chi connectivity index (χ0v) is 9.23. The Bertz CT molecular complexity index is 574. The molecule has 0 unspecified atom stereocenters. The molecule has 0 bridgehead atoms. The van der Waals surface area contributed by atoms with Gasteiger partial charge in [-0.25, -0.2) is 0 Å². The summed E-state index contributed by atoms with van der Waals surface area (Å²) in [5.74, 6) is 0. The molecule has 0 fully saturated rings. The molecule has 0 saturated heterocycles. The Labute approximate surface area is 97.5 Å². The van der Waals surface area contributed by atoms with Crippen LogP contribution < -0.4 is 0 Å². The van der Waals surface area contributed by atoms with E-state index in [0.717, 1.165) is 11.1 Å². The number of nitrogens with zero attached hydrogens (tertiary/aromatic N) is 4. The van der Waals surface area contributed by atoms with Gasteiger partial charge in [0.05, 0.1) is 11.3 Å². The van der Waals surface area contributed by atoms with Crippen LogP contribution in [-0.2, 0) is 0 Å². The topological polar surface area (TPSA) is 62.5 Å². The molecule has 2 rings (SSSR count). The number of pyridine rings is 1. The minimum atomic E-state index is 0.117. The van der Waals surface area contributed by atoms with Crippen LogP contribution in [0.5, 0.6) is 0 Å². The molecule has 0 spiro atoms. The Morgan fingerprint density at radius 1 is 1.25 bits per heavy atom. The quantitative estimate of drug-likeness (QED) is 0.755. The first-order valence-electron chi connectivity index (χ1n) is 4.56. The first-order chi connectivity index (χ1) is 7.70. The molecule has 5 heteroatoms. The van der Waals surface area contributed by atoms with E-state index in [9.17, 15) is 0 Å². The van der Waals surface area contributed by atoms with Crippen LogP contribution in [0.1, 0.15) is 11.1 Å². The molecule has 0 radical (unpaired) electrons. The van der Waals surface area contributed by atoms with Crippen molar-refractivity contribution in [1.82, 2.24) is 15.2 Å². The molecule has 0 N–H and O–H groups in total. The maximum Gasteiger partial charge on any atom is 0.169 e. The lowest BCUT2D eigenvalue weighted by Crippen LogP contribution is -1.92. The highest BCUT2D eigenvalue weighted by Gasteiger charge is 2.06. The SMILES string of the molecule is Cc1cncc(-c2cc(C#N)c(Cl)nn2)c1. The number of aromatic nitrogens is 3. The van der Waals surface area contributed by atoms with Crippen molar-refractivity contribution in [3.05, 3.63) is 40.8 Å². The van der Waals surface area contributed by atoms with Crippen LogP contribution in [0.4, 0.5) is 0 Å². The molecule has 78 valence electrons. The third-order valence-corrected chi connectivity index (χ3v) is 2.32. The molecule has 4 nitrogen and oxygen atoms in total. The Hall–Kier alpha value is -1.99. The highest BCUT2D eigenvalue weighted by Crippen LogP contribution is 2.20. The van der Waals surface area contributed by atoms with Crippen LogP contribution in [0, 0.1) is 18.3 Å². The molecule has 16 heavy (non-hydrogen) atoms. The van der Waals surface area contributed by atoms with E-state index in [-0.39, 0.29) is 5.15 Å². The fourth-order valence-electron chi connectivity index (χ4n) is 1.29. The summed E-state index contributed by atoms with van der Waals surface area (Å²) in [5.41, 5.74) is 2.75. The van der Waals surface area contributed by atoms with Gasteiger partial charge in [0, 0.05) is 18.0 Å². The van der Waals surface area contributed by atoms with Gasteiger partial charge in [0.15, 0.2) is 5.15 Å². The van der Waals surface area contributed by atoms with Gasteiger partial charge in [-0.15, -0.1) is 10.2 Å². The zero-order chi connectivity index (χ0) is 11.5. The second-order valence-corrected chi connectivity index (χ2v) is 3.65. The molecule has 2 aromatic rings. The van der Waals surface area contributed by atoms with E-state index < -0.39 is 0 Å². The van der Waals surface area contributed by atoms with Crippen LogP contribution in [0.3, 0.4) is 0 Å². The summed E-state index contributed by atoms with van der Waals surface area (Å²) >= 11 is 5.70. The minimum Gasteiger partial charge on any atom is -0.264 e. The van der Waals surface area contributed by atoms with Crippen LogP contribution in [0.2, 0.25) is 5.15 Å². The fourth-order valence-corrected chi connectivity index (χ4v) is 1.43. The number of halogens is 1.